The molecule has 2 atom stereocenters. The van der Waals surface area contributed by atoms with Gasteiger partial charge < -0.3 is 30.1 Å². The van der Waals surface area contributed by atoms with Gasteiger partial charge in [0.1, 0.15) is 18.1 Å². The van der Waals surface area contributed by atoms with Gasteiger partial charge in [-0.15, -0.1) is 0 Å². The number of carbonyl (C=O) groups is 2. The maximum atomic E-state index is 13.0. The Hall–Kier alpha value is -4.67. The van der Waals surface area contributed by atoms with Gasteiger partial charge >= 0.3 is 0 Å². The van der Waals surface area contributed by atoms with Crippen molar-refractivity contribution in [2.24, 2.45) is 7.05 Å². The van der Waals surface area contributed by atoms with Gasteiger partial charge in [-0.2, -0.15) is 5.10 Å². The second kappa shape index (κ2) is 12.9. The lowest BCUT2D eigenvalue weighted by atomic mass is 9.92. The number of hydrogen-bond donors (Lipinski definition) is 3. The fourth-order valence-corrected chi connectivity index (χ4v) is 5.80. The third-order valence-electron chi connectivity index (χ3n) is 8.52. The minimum atomic E-state index is -0.747. The number of benzene rings is 3. The van der Waals surface area contributed by atoms with Gasteiger partial charge in [0.2, 0.25) is 0 Å². The molecular formula is C34H37N5O5. The number of aromatic nitrogens is 2. The van der Waals surface area contributed by atoms with E-state index in [1.807, 2.05) is 48.3 Å². The number of aryl methyl sites for hydroxylation is 1. The van der Waals surface area contributed by atoms with E-state index in [4.69, 9.17) is 9.47 Å². The molecule has 2 aliphatic rings. The first-order chi connectivity index (χ1) is 21.4. The fourth-order valence-electron chi connectivity index (χ4n) is 5.80. The largest absolute Gasteiger partial charge is 0.497 e. The van der Waals surface area contributed by atoms with Gasteiger partial charge in [0.25, 0.3) is 11.8 Å². The zero-order valence-electron chi connectivity index (χ0n) is 25.0. The molecule has 0 aliphatic carbocycles. The molecule has 3 aromatic carbocycles. The molecule has 2 aliphatic heterocycles. The van der Waals surface area contributed by atoms with Crippen molar-refractivity contribution in [2.45, 2.75) is 44.7 Å². The molecule has 1 aromatic heterocycles. The Bertz CT molecular complexity index is 1650. The van der Waals surface area contributed by atoms with Gasteiger partial charge in [-0.1, -0.05) is 12.1 Å². The van der Waals surface area contributed by atoms with E-state index < -0.39 is 6.10 Å². The number of hydrogen-bond acceptors (Lipinski definition) is 7. The van der Waals surface area contributed by atoms with E-state index in [-0.39, 0.29) is 24.4 Å². The Kier molecular flexibility index (Phi) is 8.63. The number of methoxy groups -OCH3 is 1. The number of aliphatic hydroxyl groups excluding tert-OH is 1. The van der Waals surface area contributed by atoms with E-state index >= 15 is 0 Å². The predicted molar refractivity (Wildman–Crippen MR) is 165 cm³/mol. The molecule has 3 N–H and O–H groups in total. The van der Waals surface area contributed by atoms with E-state index in [9.17, 15) is 14.7 Å². The van der Waals surface area contributed by atoms with Crippen LogP contribution in [0.1, 0.15) is 48.7 Å². The molecule has 0 fully saturated rings. The number of aliphatic hydroxyl groups is 1. The minimum absolute atomic E-state index is 0.0254. The fraction of sp³-hybridized carbons (Fsp3) is 0.324. The summed E-state index contributed by atoms with van der Waals surface area (Å²) in [5, 5.41) is 21.4. The zero-order valence-corrected chi connectivity index (χ0v) is 25.0. The smallest absolute Gasteiger partial charge is 0.254 e. The van der Waals surface area contributed by atoms with Crippen molar-refractivity contribution >= 4 is 11.8 Å². The van der Waals surface area contributed by atoms with E-state index in [2.05, 4.69) is 15.7 Å². The first-order valence-electron chi connectivity index (χ1n) is 14.8. The van der Waals surface area contributed by atoms with Crippen LogP contribution in [-0.4, -0.2) is 63.9 Å². The Morgan fingerprint density at radius 3 is 2.55 bits per heavy atom. The maximum Gasteiger partial charge on any atom is 0.254 e. The van der Waals surface area contributed by atoms with E-state index in [1.165, 1.54) is 0 Å². The molecule has 3 heterocycles. The molecular weight excluding hydrogens is 558 g/mol. The molecule has 10 nitrogen and oxygen atoms in total. The molecule has 0 spiro atoms. The van der Waals surface area contributed by atoms with Crippen LogP contribution in [-0.2, 0) is 39.6 Å². The van der Waals surface area contributed by atoms with Crippen LogP contribution in [0, 0.1) is 0 Å². The van der Waals surface area contributed by atoms with Crippen LogP contribution in [0.5, 0.6) is 11.5 Å². The molecule has 6 rings (SSSR count). The van der Waals surface area contributed by atoms with E-state index in [1.54, 1.807) is 48.3 Å². The Balaban J connectivity index is 0.996. The Morgan fingerprint density at radius 2 is 1.77 bits per heavy atom. The van der Waals surface area contributed by atoms with Crippen molar-refractivity contribution in [3.8, 4) is 11.5 Å². The maximum absolute atomic E-state index is 13.0. The van der Waals surface area contributed by atoms with Gasteiger partial charge in [-0.25, -0.2) is 0 Å². The predicted octanol–water partition coefficient (Wildman–Crippen LogP) is 3.01. The van der Waals surface area contributed by atoms with Gasteiger partial charge in [0, 0.05) is 56.6 Å². The van der Waals surface area contributed by atoms with Crippen LogP contribution >= 0.6 is 0 Å². The van der Waals surface area contributed by atoms with Crippen molar-refractivity contribution < 1.29 is 24.2 Å². The van der Waals surface area contributed by atoms with Crippen molar-refractivity contribution in [3.05, 3.63) is 112 Å². The van der Waals surface area contributed by atoms with Crippen molar-refractivity contribution in [1.82, 2.24) is 25.3 Å². The van der Waals surface area contributed by atoms with Crippen LogP contribution in [0.3, 0.4) is 0 Å². The molecule has 10 heteroatoms. The molecule has 0 bridgehead atoms. The highest BCUT2D eigenvalue weighted by Gasteiger charge is 2.26. The van der Waals surface area contributed by atoms with Gasteiger partial charge in [-0.05, 0) is 89.7 Å². The normalized spacial score (nSPS) is 16.4. The first-order valence-corrected chi connectivity index (χ1v) is 14.8. The summed E-state index contributed by atoms with van der Waals surface area (Å²) in [6.45, 7) is 2.26. The molecule has 0 saturated carbocycles. The standard InChI is InChI=1S/C34H37N5O5/c1-38-28(11-13-37-38)21-44-30-10-7-23-17-31(35-18-27(23)16-30)32(40)19-36-33(41)25-3-4-26-20-39(14-12-24(26)15-25)34(42)22-5-8-29(43-2)9-6-22/h3-11,13,15-16,31-32,35,40H,12,14,17-21H2,1-2H3,(H,36,41)/t31-,32?/m0/s1. The number of nitrogens with one attached hydrogen (secondary N) is 2. The highest BCUT2D eigenvalue weighted by molar-refractivity contribution is 5.95. The van der Waals surface area contributed by atoms with Gasteiger partial charge in [0.05, 0.1) is 18.9 Å². The van der Waals surface area contributed by atoms with Crippen LogP contribution in [0.15, 0.2) is 72.9 Å². The molecule has 0 saturated heterocycles. The summed E-state index contributed by atoms with van der Waals surface area (Å²) < 4.78 is 12.9. The molecule has 44 heavy (non-hydrogen) atoms. The molecule has 4 aromatic rings. The number of amides is 2. The first kappa shape index (κ1) is 29.4. The van der Waals surface area contributed by atoms with Gasteiger partial charge in [0.15, 0.2) is 0 Å². The van der Waals surface area contributed by atoms with E-state index in [0.717, 1.165) is 33.7 Å². The summed E-state index contributed by atoms with van der Waals surface area (Å²) in [6.07, 6.45) is 2.32. The Morgan fingerprint density at radius 1 is 1.00 bits per heavy atom. The van der Waals surface area contributed by atoms with Gasteiger partial charge in [-0.3, -0.25) is 14.3 Å². The molecule has 228 valence electrons. The zero-order chi connectivity index (χ0) is 30.6. The van der Waals surface area contributed by atoms with Crippen molar-refractivity contribution in [3.63, 3.8) is 0 Å². The molecule has 2 amide bonds. The topological polar surface area (TPSA) is 118 Å². The second-order valence-electron chi connectivity index (χ2n) is 11.3. The summed E-state index contributed by atoms with van der Waals surface area (Å²) in [7, 11) is 3.49. The lowest BCUT2D eigenvalue weighted by Gasteiger charge is -2.30. The summed E-state index contributed by atoms with van der Waals surface area (Å²) in [6, 6.07) is 20.5. The van der Waals surface area contributed by atoms with Crippen LogP contribution < -0.4 is 20.1 Å². The number of rotatable bonds is 9. The SMILES string of the molecule is COc1ccc(C(=O)N2CCc3cc(C(=O)NCC(O)[C@@H]4Cc5ccc(OCc6ccnn6C)cc5CN4)ccc3C2)cc1. The monoisotopic (exact) mass is 595 g/mol. The summed E-state index contributed by atoms with van der Waals surface area (Å²) >= 11 is 0. The van der Waals surface area contributed by atoms with E-state index in [0.29, 0.717) is 56.0 Å². The van der Waals surface area contributed by atoms with Crippen molar-refractivity contribution in [2.75, 3.05) is 20.2 Å². The third kappa shape index (κ3) is 6.46. The summed E-state index contributed by atoms with van der Waals surface area (Å²) in [5.74, 6) is 1.25. The molecule has 1 unspecified atom stereocenters. The Labute approximate surface area is 256 Å². The summed E-state index contributed by atoms with van der Waals surface area (Å²) in [5.41, 5.74) is 6.54. The minimum Gasteiger partial charge on any atom is -0.497 e. The summed E-state index contributed by atoms with van der Waals surface area (Å²) in [4.78, 5) is 27.8. The quantitative estimate of drug-likeness (QED) is 0.272. The lowest BCUT2D eigenvalue weighted by molar-refractivity contribution is 0.0734. The average molecular weight is 596 g/mol. The van der Waals surface area contributed by atoms with Crippen molar-refractivity contribution in [1.29, 1.82) is 0 Å². The van der Waals surface area contributed by atoms with Crippen LogP contribution in [0.2, 0.25) is 0 Å². The third-order valence-corrected chi connectivity index (χ3v) is 8.52. The lowest BCUT2D eigenvalue weighted by Crippen LogP contribution is -2.49. The number of ether oxygens (including phenoxy) is 2. The van der Waals surface area contributed by atoms with Crippen LogP contribution in [0.4, 0.5) is 0 Å². The second-order valence-corrected chi connectivity index (χ2v) is 11.3. The number of nitrogens with zero attached hydrogens (tertiary/aromatic N) is 3. The highest BCUT2D eigenvalue weighted by atomic mass is 16.5. The number of fused-ring (bicyclic) bond motifs is 2. The average Bonchev–Trinajstić information content (AvgIpc) is 3.49. The molecule has 0 radical (unpaired) electrons. The number of carbonyl (C=O) groups excluding carboxylic acids is 2. The highest BCUT2D eigenvalue weighted by Crippen LogP contribution is 2.25. The van der Waals surface area contributed by atoms with Crippen LogP contribution in [0.25, 0.3) is 0 Å².